The normalized spacial score (nSPS) is 16.2. The van der Waals surface area contributed by atoms with Crippen LogP contribution >= 0.6 is 0 Å². The number of hydrogen-bond acceptors (Lipinski definition) is 3. The van der Waals surface area contributed by atoms with E-state index in [4.69, 9.17) is 5.11 Å². The monoisotopic (exact) mass is 220 g/mol. The molecule has 0 aliphatic carbocycles. The van der Waals surface area contributed by atoms with Gasteiger partial charge in [-0.1, -0.05) is 0 Å². The second kappa shape index (κ2) is 4.51. The second-order valence-corrected chi connectivity index (χ2v) is 4.18. The van der Waals surface area contributed by atoms with Crippen LogP contribution in [0.2, 0.25) is 0 Å². The highest BCUT2D eigenvalue weighted by Gasteiger charge is 2.17. The number of piperidine rings is 1. The zero-order chi connectivity index (χ0) is 11.5. The first-order valence-corrected chi connectivity index (χ1v) is 5.63. The number of pyridine rings is 1. The van der Waals surface area contributed by atoms with Crippen LogP contribution in [-0.4, -0.2) is 29.1 Å². The summed E-state index contributed by atoms with van der Waals surface area (Å²) >= 11 is 0. The number of aromatic carboxylic acids is 1. The van der Waals surface area contributed by atoms with Crippen molar-refractivity contribution in [2.75, 3.05) is 18.0 Å². The molecule has 0 amide bonds. The van der Waals surface area contributed by atoms with Gasteiger partial charge in [0.1, 0.15) is 0 Å². The van der Waals surface area contributed by atoms with Crippen molar-refractivity contribution in [3.63, 3.8) is 0 Å². The molecule has 86 valence electrons. The molecule has 1 aromatic rings. The van der Waals surface area contributed by atoms with Crippen LogP contribution in [-0.2, 0) is 0 Å². The molecule has 0 unspecified atom stereocenters. The molecule has 1 aliphatic heterocycles. The average molecular weight is 220 g/mol. The Morgan fingerprint density at radius 2 is 2.00 bits per heavy atom. The number of carboxylic acids is 1. The van der Waals surface area contributed by atoms with E-state index in [2.05, 4.69) is 9.88 Å². The van der Waals surface area contributed by atoms with Gasteiger partial charge in [0.2, 0.25) is 0 Å². The maximum atomic E-state index is 11.0. The van der Waals surface area contributed by atoms with Crippen molar-refractivity contribution in [3.8, 4) is 0 Å². The predicted octanol–water partition coefficient (Wildman–Crippen LogP) is 2.08. The number of hydrogen-bond donors (Lipinski definition) is 1. The summed E-state index contributed by atoms with van der Waals surface area (Å²) in [5.41, 5.74) is 2.10. The SMILES string of the molecule is Cc1c(C(=O)O)cncc1N1CCCCC1. The molecule has 4 heteroatoms. The Morgan fingerprint density at radius 1 is 1.31 bits per heavy atom. The minimum Gasteiger partial charge on any atom is -0.478 e. The Kier molecular flexibility index (Phi) is 3.08. The topological polar surface area (TPSA) is 53.4 Å². The molecule has 2 heterocycles. The fourth-order valence-electron chi connectivity index (χ4n) is 2.18. The fraction of sp³-hybridized carbons (Fsp3) is 0.500. The molecule has 1 saturated heterocycles. The van der Waals surface area contributed by atoms with Crippen LogP contribution in [0.4, 0.5) is 5.69 Å². The lowest BCUT2D eigenvalue weighted by Crippen LogP contribution is -2.30. The summed E-state index contributed by atoms with van der Waals surface area (Å²) in [6, 6.07) is 0. The molecule has 2 rings (SSSR count). The van der Waals surface area contributed by atoms with Gasteiger partial charge in [0.15, 0.2) is 0 Å². The number of carbonyl (C=O) groups is 1. The molecule has 0 saturated carbocycles. The first kappa shape index (κ1) is 10.9. The Hall–Kier alpha value is -1.58. The third-order valence-electron chi connectivity index (χ3n) is 3.12. The van der Waals surface area contributed by atoms with Crippen LogP contribution in [0.3, 0.4) is 0 Å². The molecule has 1 aromatic heterocycles. The molecule has 0 radical (unpaired) electrons. The molecular formula is C12H16N2O2. The van der Waals surface area contributed by atoms with Crippen molar-refractivity contribution in [2.24, 2.45) is 0 Å². The maximum absolute atomic E-state index is 11.0. The Labute approximate surface area is 94.9 Å². The number of anilines is 1. The molecule has 0 spiro atoms. The molecular weight excluding hydrogens is 204 g/mol. The van der Waals surface area contributed by atoms with Crippen molar-refractivity contribution in [2.45, 2.75) is 26.2 Å². The highest BCUT2D eigenvalue weighted by molar-refractivity contribution is 5.90. The molecule has 0 aromatic carbocycles. The molecule has 0 atom stereocenters. The standard InChI is InChI=1S/C12H16N2O2/c1-9-10(12(15)16)7-13-8-11(9)14-5-3-2-4-6-14/h7-8H,2-6H2,1H3,(H,15,16). The van der Waals surface area contributed by atoms with E-state index < -0.39 is 5.97 Å². The van der Waals surface area contributed by atoms with Gasteiger partial charge in [-0.2, -0.15) is 0 Å². The third kappa shape index (κ3) is 2.01. The van der Waals surface area contributed by atoms with Crippen molar-refractivity contribution >= 4 is 11.7 Å². The number of rotatable bonds is 2. The van der Waals surface area contributed by atoms with Gasteiger partial charge in [-0.15, -0.1) is 0 Å². The molecule has 1 fully saturated rings. The summed E-state index contributed by atoms with van der Waals surface area (Å²) in [6.07, 6.45) is 6.81. The lowest BCUT2D eigenvalue weighted by Gasteiger charge is -2.30. The van der Waals surface area contributed by atoms with Gasteiger partial charge < -0.3 is 10.0 Å². The fourth-order valence-corrected chi connectivity index (χ4v) is 2.18. The molecule has 0 bridgehead atoms. The third-order valence-corrected chi connectivity index (χ3v) is 3.12. The number of nitrogens with zero attached hydrogens (tertiary/aromatic N) is 2. The van der Waals surface area contributed by atoms with E-state index in [0.29, 0.717) is 5.56 Å². The van der Waals surface area contributed by atoms with E-state index >= 15 is 0 Å². The highest BCUT2D eigenvalue weighted by atomic mass is 16.4. The van der Waals surface area contributed by atoms with Gasteiger partial charge >= 0.3 is 5.97 Å². The first-order chi connectivity index (χ1) is 7.70. The van der Waals surface area contributed by atoms with Crippen molar-refractivity contribution in [3.05, 3.63) is 23.5 Å². The van der Waals surface area contributed by atoms with E-state index in [1.54, 1.807) is 6.20 Å². The summed E-state index contributed by atoms with van der Waals surface area (Å²) in [4.78, 5) is 17.3. The number of aromatic nitrogens is 1. The summed E-state index contributed by atoms with van der Waals surface area (Å²) < 4.78 is 0. The van der Waals surface area contributed by atoms with Gasteiger partial charge in [-0.05, 0) is 31.7 Å². The van der Waals surface area contributed by atoms with Crippen LogP contribution in [0.5, 0.6) is 0 Å². The Balaban J connectivity index is 2.33. The van der Waals surface area contributed by atoms with E-state index in [0.717, 1.165) is 24.3 Å². The van der Waals surface area contributed by atoms with E-state index in [-0.39, 0.29) is 0 Å². The maximum Gasteiger partial charge on any atom is 0.337 e. The van der Waals surface area contributed by atoms with Crippen LogP contribution in [0.25, 0.3) is 0 Å². The van der Waals surface area contributed by atoms with Crippen LogP contribution in [0.15, 0.2) is 12.4 Å². The van der Waals surface area contributed by atoms with E-state index in [1.165, 1.54) is 25.5 Å². The zero-order valence-corrected chi connectivity index (χ0v) is 9.44. The lowest BCUT2D eigenvalue weighted by molar-refractivity contribution is 0.0695. The summed E-state index contributed by atoms with van der Waals surface area (Å²) in [5, 5.41) is 9.03. The van der Waals surface area contributed by atoms with Crippen LogP contribution in [0, 0.1) is 6.92 Å². The summed E-state index contributed by atoms with van der Waals surface area (Å²) in [5.74, 6) is -0.899. The number of carboxylic acid groups (broad SMARTS) is 1. The van der Waals surface area contributed by atoms with Gasteiger partial charge in [0, 0.05) is 19.3 Å². The molecule has 4 nitrogen and oxygen atoms in total. The van der Waals surface area contributed by atoms with Crippen molar-refractivity contribution in [1.29, 1.82) is 0 Å². The summed E-state index contributed by atoms with van der Waals surface area (Å²) in [6.45, 7) is 3.87. The van der Waals surface area contributed by atoms with E-state index in [9.17, 15) is 4.79 Å². The average Bonchev–Trinajstić information content (AvgIpc) is 2.30. The zero-order valence-electron chi connectivity index (χ0n) is 9.44. The van der Waals surface area contributed by atoms with Gasteiger partial charge in [-0.25, -0.2) is 4.79 Å². The minimum absolute atomic E-state index is 0.308. The molecule has 1 N–H and O–H groups in total. The van der Waals surface area contributed by atoms with E-state index in [1.807, 2.05) is 6.92 Å². The Morgan fingerprint density at radius 3 is 2.62 bits per heavy atom. The lowest BCUT2D eigenvalue weighted by atomic mass is 10.1. The van der Waals surface area contributed by atoms with Crippen molar-refractivity contribution < 1.29 is 9.90 Å². The quantitative estimate of drug-likeness (QED) is 0.829. The molecule has 16 heavy (non-hydrogen) atoms. The van der Waals surface area contributed by atoms with Crippen LogP contribution < -0.4 is 4.90 Å². The van der Waals surface area contributed by atoms with Gasteiger partial charge in [0.25, 0.3) is 0 Å². The Bertz CT molecular complexity index is 398. The smallest absolute Gasteiger partial charge is 0.337 e. The molecule has 1 aliphatic rings. The first-order valence-electron chi connectivity index (χ1n) is 5.63. The second-order valence-electron chi connectivity index (χ2n) is 4.18. The van der Waals surface area contributed by atoms with Crippen molar-refractivity contribution in [1.82, 2.24) is 4.98 Å². The minimum atomic E-state index is -0.899. The van der Waals surface area contributed by atoms with Crippen LogP contribution in [0.1, 0.15) is 35.2 Å². The highest BCUT2D eigenvalue weighted by Crippen LogP contribution is 2.24. The predicted molar refractivity (Wildman–Crippen MR) is 62.0 cm³/mol. The summed E-state index contributed by atoms with van der Waals surface area (Å²) in [7, 11) is 0. The largest absolute Gasteiger partial charge is 0.478 e. The van der Waals surface area contributed by atoms with Gasteiger partial charge in [0.05, 0.1) is 17.4 Å². The van der Waals surface area contributed by atoms with Gasteiger partial charge in [-0.3, -0.25) is 4.98 Å².